The summed E-state index contributed by atoms with van der Waals surface area (Å²) in [6.45, 7) is 1.75. The summed E-state index contributed by atoms with van der Waals surface area (Å²) < 4.78 is 10.4. The third-order valence-electron chi connectivity index (χ3n) is 3.90. The van der Waals surface area contributed by atoms with E-state index < -0.39 is 5.54 Å². The van der Waals surface area contributed by atoms with Crippen LogP contribution >= 0.6 is 0 Å². The van der Waals surface area contributed by atoms with Gasteiger partial charge in [0.25, 0.3) is 0 Å². The van der Waals surface area contributed by atoms with Crippen molar-refractivity contribution in [2.24, 2.45) is 0 Å². The third-order valence-corrected chi connectivity index (χ3v) is 3.90. The van der Waals surface area contributed by atoms with Crippen molar-refractivity contribution < 1.29 is 19.1 Å². The molecule has 1 aliphatic heterocycles. The van der Waals surface area contributed by atoms with Gasteiger partial charge in [-0.05, 0) is 31.9 Å². The average Bonchev–Trinajstić information content (AvgIpc) is 2.68. The van der Waals surface area contributed by atoms with Gasteiger partial charge in [-0.25, -0.2) is 0 Å². The van der Waals surface area contributed by atoms with Crippen molar-refractivity contribution in [2.45, 2.75) is 38.1 Å². The molecule has 2 amide bonds. The van der Waals surface area contributed by atoms with Crippen molar-refractivity contribution >= 4 is 17.5 Å². The maximum atomic E-state index is 12.6. The van der Waals surface area contributed by atoms with Crippen molar-refractivity contribution in [3.63, 3.8) is 0 Å². The van der Waals surface area contributed by atoms with Gasteiger partial charge in [-0.15, -0.1) is 0 Å². The van der Waals surface area contributed by atoms with E-state index in [0.29, 0.717) is 30.0 Å². The van der Waals surface area contributed by atoms with Gasteiger partial charge in [0.15, 0.2) is 0 Å². The maximum absolute atomic E-state index is 12.6. The molecule has 0 saturated carbocycles. The number of anilines is 1. The van der Waals surface area contributed by atoms with Gasteiger partial charge in [0.05, 0.1) is 19.9 Å². The molecule has 1 fully saturated rings. The Kier molecular flexibility index (Phi) is 4.90. The van der Waals surface area contributed by atoms with Crippen LogP contribution in [-0.4, -0.2) is 31.6 Å². The highest BCUT2D eigenvalue weighted by Gasteiger charge is 2.36. The van der Waals surface area contributed by atoms with E-state index in [9.17, 15) is 9.59 Å². The summed E-state index contributed by atoms with van der Waals surface area (Å²) in [5.74, 6) is 0.811. The van der Waals surface area contributed by atoms with Crippen LogP contribution in [0.3, 0.4) is 0 Å². The van der Waals surface area contributed by atoms with Crippen molar-refractivity contribution in [1.29, 1.82) is 0 Å². The molecule has 6 heteroatoms. The van der Waals surface area contributed by atoms with Crippen LogP contribution in [0.2, 0.25) is 0 Å². The quantitative estimate of drug-likeness (QED) is 0.893. The number of ether oxygens (including phenoxy) is 2. The second-order valence-corrected chi connectivity index (χ2v) is 5.61. The molecule has 1 aromatic rings. The zero-order valence-electron chi connectivity index (χ0n) is 13.2. The van der Waals surface area contributed by atoms with Gasteiger partial charge in [0, 0.05) is 12.5 Å². The molecule has 1 aliphatic rings. The first-order valence-electron chi connectivity index (χ1n) is 7.33. The molecule has 6 nitrogen and oxygen atoms in total. The number of benzene rings is 1. The van der Waals surface area contributed by atoms with E-state index in [0.717, 1.165) is 12.8 Å². The van der Waals surface area contributed by atoms with E-state index in [4.69, 9.17) is 9.47 Å². The van der Waals surface area contributed by atoms with E-state index in [-0.39, 0.29) is 11.8 Å². The number of nitrogens with one attached hydrogen (secondary N) is 2. The molecule has 22 heavy (non-hydrogen) atoms. The Hall–Kier alpha value is -2.24. The molecule has 1 unspecified atom stereocenters. The first-order chi connectivity index (χ1) is 10.5. The highest BCUT2D eigenvalue weighted by molar-refractivity contribution is 6.01. The molecule has 2 rings (SSSR count). The summed E-state index contributed by atoms with van der Waals surface area (Å²) in [4.78, 5) is 24.4. The summed E-state index contributed by atoms with van der Waals surface area (Å²) in [5, 5.41) is 5.65. The fourth-order valence-corrected chi connectivity index (χ4v) is 2.54. The van der Waals surface area contributed by atoms with E-state index in [1.165, 1.54) is 7.11 Å². The fraction of sp³-hybridized carbons (Fsp3) is 0.500. The zero-order valence-corrected chi connectivity index (χ0v) is 13.2. The Bertz CT molecular complexity index is 573. The molecule has 1 aromatic carbocycles. The van der Waals surface area contributed by atoms with E-state index in [1.54, 1.807) is 32.2 Å². The van der Waals surface area contributed by atoms with Crippen molar-refractivity contribution in [2.75, 3.05) is 19.5 Å². The Morgan fingerprint density at radius 3 is 2.73 bits per heavy atom. The van der Waals surface area contributed by atoms with Crippen LogP contribution in [0.5, 0.6) is 11.5 Å². The van der Waals surface area contributed by atoms with Crippen LogP contribution in [0.1, 0.15) is 32.6 Å². The van der Waals surface area contributed by atoms with Crippen LogP contribution in [0, 0.1) is 0 Å². The minimum Gasteiger partial charge on any atom is -0.497 e. The molecule has 1 heterocycles. The number of methoxy groups -OCH3 is 2. The highest BCUT2D eigenvalue weighted by Crippen LogP contribution is 2.30. The lowest BCUT2D eigenvalue weighted by atomic mass is 9.95. The Morgan fingerprint density at radius 2 is 2.05 bits per heavy atom. The summed E-state index contributed by atoms with van der Waals surface area (Å²) in [6, 6.07) is 5.17. The molecule has 2 N–H and O–H groups in total. The van der Waals surface area contributed by atoms with Gasteiger partial charge in [0.1, 0.15) is 17.0 Å². The van der Waals surface area contributed by atoms with E-state index in [1.807, 2.05) is 0 Å². The monoisotopic (exact) mass is 306 g/mol. The van der Waals surface area contributed by atoms with Crippen molar-refractivity contribution in [3.8, 4) is 11.5 Å². The maximum Gasteiger partial charge on any atom is 0.249 e. The Balaban J connectivity index is 2.21. The minimum absolute atomic E-state index is 0.0900. The van der Waals surface area contributed by atoms with Crippen LogP contribution in [-0.2, 0) is 9.59 Å². The minimum atomic E-state index is -0.915. The molecule has 1 saturated heterocycles. The summed E-state index contributed by atoms with van der Waals surface area (Å²) >= 11 is 0. The van der Waals surface area contributed by atoms with Gasteiger partial charge in [-0.1, -0.05) is 6.42 Å². The molecular weight excluding hydrogens is 284 g/mol. The molecule has 0 bridgehead atoms. The van der Waals surface area contributed by atoms with Crippen molar-refractivity contribution in [1.82, 2.24) is 5.32 Å². The van der Waals surface area contributed by atoms with Gasteiger partial charge in [0.2, 0.25) is 11.8 Å². The van der Waals surface area contributed by atoms with Gasteiger partial charge in [-0.3, -0.25) is 9.59 Å². The predicted molar refractivity (Wildman–Crippen MR) is 83.2 cm³/mol. The van der Waals surface area contributed by atoms with E-state index in [2.05, 4.69) is 10.6 Å². The number of hydrogen-bond donors (Lipinski definition) is 2. The van der Waals surface area contributed by atoms with Gasteiger partial charge < -0.3 is 20.1 Å². The predicted octanol–water partition coefficient (Wildman–Crippen LogP) is 2.09. The molecule has 0 aromatic heterocycles. The number of carbonyl (C=O) groups is 2. The van der Waals surface area contributed by atoms with Crippen LogP contribution in [0.25, 0.3) is 0 Å². The second-order valence-electron chi connectivity index (χ2n) is 5.61. The van der Waals surface area contributed by atoms with Crippen LogP contribution < -0.4 is 20.1 Å². The Morgan fingerprint density at radius 1 is 1.27 bits per heavy atom. The Labute approximate surface area is 130 Å². The lowest BCUT2D eigenvalue weighted by Crippen LogP contribution is -2.53. The van der Waals surface area contributed by atoms with Gasteiger partial charge in [-0.2, -0.15) is 0 Å². The molecular formula is C16H22N2O4. The first-order valence-corrected chi connectivity index (χ1v) is 7.33. The van der Waals surface area contributed by atoms with Crippen molar-refractivity contribution in [3.05, 3.63) is 18.2 Å². The van der Waals surface area contributed by atoms with E-state index >= 15 is 0 Å². The number of carbonyl (C=O) groups excluding carboxylic acids is 2. The largest absolute Gasteiger partial charge is 0.497 e. The smallest absolute Gasteiger partial charge is 0.249 e. The SMILES string of the molecule is COc1ccc(OC)c(NC(=O)C2(C)CCCCC(=O)N2)c1. The standard InChI is InChI=1S/C16H22N2O4/c1-16(9-5-4-6-14(19)18-16)15(20)17-12-10-11(21-2)7-8-13(12)22-3/h7-8,10H,4-6,9H2,1-3H3,(H,17,20)(H,18,19). The van der Waals surface area contributed by atoms with Crippen LogP contribution in [0.4, 0.5) is 5.69 Å². The zero-order chi connectivity index (χ0) is 16.2. The average molecular weight is 306 g/mol. The van der Waals surface area contributed by atoms with Crippen LogP contribution in [0.15, 0.2) is 18.2 Å². The summed E-state index contributed by atoms with van der Waals surface area (Å²) in [5.41, 5.74) is -0.395. The lowest BCUT2D eigenvalue weighted by Gasteiger charge is -2.28. The number of hydrogen-bond acceptors (Lipinski definition) is 4. The molecule has 120 valence electrons. The molecule has 1 atom stereocenters. The molecule has 0 spiro atoms. The molecule has 0 radical (unpaired) electrons. The lowest BCUT2D eigenvalue weighted by molar-refractivity contribution is -0.129. The topological polar surface area (TPSA) is 76.7 Å². The second kappa shape index (κ2) is 6.68. The molecule has 0 aliphatic carbocycles. The normalized spacial score (nSPS) is 21.5. The summed E-state index contributed by atoms with van der Waals surface area (Å²) in [6.07, 6.45) is 2.71. The van der Waals surface area contributed by atoms with Gasteiger partial charge >= 0.3 is 0 Å². The third kappa shape index (κ3) is 3.50. The number of rotatable bonds is 4. The summed E-state index contributed by atoms with van der Waals surface area (Å²) in [7, 11) is 3.09. The first kappa shape index (κ1) is 16.1. The fourth-order valence-electron chi connectivity index (χ4n) is 2.54. The highest BCUT2D eigenvalue weighted by atomic mass is 16.5. The number of amides is 2.